The molecule has 1 aliphatic carbocycles. The minimum Gasteiger partial charge on any atom is -0.399 e. The van der Waals surface area contributed by atoms with Crippen molar-refractivity contribution in [3.8, 4) is 0 Å². The minimum absolute atomic E-state index is 0.0841. The lowest BCUT2D eigenvalue weighted by atomic mass is 9.87. The van der Waals surface area contributed by atoms with E-state index < -0.39 is 0 Å². The molecule has 2 aromatic carbocycles. The van der Waals surface area contributed by atoms with Crippen LogP contribution in [0.5, 0.6) is 0 Å². The van der Waals surface area contributed by atoms with Crippen LogP contribution >= 0.6 is 0 Å². The average Bonchev–Trinajstić information content (AvgIpc) is 3.01. The van der Waals surface area contributed by atoms with Gasteiger partial charge in [0, 0.05) is 12.1 Å². The maximum absolute atomic E-state index is 12.4. The van der Waals surface area contributed by atoms with Crippen molar-refractivity contribution in [3.63, 3.8) is 0 Å². The predicted molar refractivity (Wildman–Crippen MR) is 107 cm³/mol. The molecule has 1 aromatic heterocycles. The van der Waals surface area contributed by atoms with E-state index in [1.54, 1.807) is 0 Å². The van der Waals surface area contributed by atoms with Gasteiger partial charge >= 0.3 is 5.69 Å². The van der Waals surface area contributed by atoms with Gasteiger partial charge < -0.3 is 21.0 Å². The zero-order valence-electron chi connectivity index (χ0n) is 15.2. The predicted octanol–water partition coefficient (Wildman–Crippen LogP) is 2.95. The number of anilines is 1. The largest absolute Gasteiger partial charge is 0.399 e. The average molecular weight is 364 g/mol. The Balaban J connectivity index is 1.33. The number of nitrogens with one attached hydrogen (secondary N) is 3. The van der Waals surface area contributed by atoms with E-state index in [1.165, 1.54) is 11.1 Å². The van der Waals surface area contributed by atoms with Crippen LogP contribution in [-0.4, -0.2) is 15.9 Å². The van der Waals surface area contributed by atoms with Crippen molar-refractivity contribution >= 4 is 22.6 Å². The molecule has 1 unspecified atom stereocenters. The Morgan fingerprint density at radius 2 is 2.00 bits per heavy atom. The molecule has 3 aromatic rings. The smallest absolute Gasteiger partial charge is 0.323 e. The number of imidazole rings is 1. The first-order chi connectivity index (χ1) is 13.1. The normalized spacial score (nSPS) is 16.2. The van der Waals surface area contributed by atoms with Gasteiger partial charge in [0.2, 0.25) is 5.91 Å². The van der Waals surface area contributed by atoms with Crippen LogP contribution in [0.25, 0.3) is 11.0 Å². The molecule has 5 N–H and O–H groups in total. The number of amides is 1. The van der Waals surface area contributed by atoms with Gasteiger partial charge in [0.25, 0.3) is 0 Å². The Bertz CT molecular complexity index is 1030. The fourth-order valence-corrected chi connectivity index (χ4v) is 3.94. The molecule has 0 saturated heterocycles. The van der Waals surface area contributed by atoms with Gasteiger partial charge in [-0.25, -0.2) is 4.79 Å². The Kier molecular flexibility index (Phi) is 4.71. The highest BCUT2D eigenvalue weighted by Gasteiger charge is 2.21. The summed E-state index contributed by atoms with van der Waals surface area (Å²) in [5.41, 5.74) is 11.6. The molecule has 0 aliphatic heterocycles. The Morgan fingerprint density at radius 1 is 1.15 bits per heavy atom. The molecule has 6 nitrogen and oxygen atoms in total. The van der Waals surface area contributed by atoms with E-state index in [9.17, 15) is 9.59 Å². The number of hydrogen-bond donors (Lipinski definition) is 4. The van der Waals surface area contributed by atoms with Gasteiger partial charge in [-0.2, -0.15) is 0 Å². The molecule has 0 bridgehead atoms. The van der Waals surface area contributed by atoms with E-state index >= 15 is 0 Å². The number of benzene rings is 2. The molecule has 0 saturated carbocycles. The molecule has 27 heavy (non-hydrogen) atoms. The molecule has 0 spiro atoms. The molecule has 1 atom stereocenters. The summed E-state index contributed by atoms with van der Waals surface area (Å²) in [4.78, 5) is 29.2. The number of aryl methyl sites for hydroxylation is 2. The molecule has 1 aliphatic rings. The van der Waals surface area contributed by atoms with Crippen molar-refractivity contribution in [3.05, 3.63) is 63.6 Å². The second kappa shape index (κ2) is 7.31. The van der Waals surface area contributed by atoms with Crippen molar-refractivity contribution in [2.24, 2.45) is 0 Å². The standard InChI is InChI=1S/C21H24N4O2/c22-15-8-9-16-14(12-15)4-2-5-17(16)23-20(26)6-1-3-13-7-10-18-19(11-13)25-21(27)24-18/h7-12,17H,1-6,22H2,(H,23,26)(H2,24,25,27). The molecule has 0 radical (unpaired) electrons. The van der Waals surface area contributed by atoms with E-state index in [0.717, 1.165) is 54.4 Å². The van der Waals surface area contributed by atoms with E-state index in [2.05, 4.69) is 15.3 Å². The van der Waals surface area contributed by atoms with Crippen LogP contribution in [0.15, 0.2) is 41.2 Å². The zero-order chi connectivity index (χ0) is 18.8. The first kappa shape index (κ1) is 17.4. The Morgan fingerprint density at radius 3 is 2.89 bits per heavy atom. The lowest BCUT2D eigenvalue weighted by Gasteiger charge is -2.26. The maximum atomic E-state index is 12.4. The number of aromatic amines is 2. The highest BCUT2D eigenvalue weighted by molar-refractivity contribution is 5.77. The monoisotopic (exact) mass is 364 g/mol. The summed E-state index contributed by atoms with van der Waals surface area (Å²) < 4.78 is 0. The van der Waals surface area contributed by atoms with Gasteiger partial charge in [0.05, 0.1) is 17.1 Å². The van der Waals surface area contributed by atoms with Gasteiger partial charge in [-0.15, -0.1) is 0 Å². The van der Waals surface area contributed by atoms with Crippen molar-refractivity contribution < 1.29 is 4.79 Å². The van der Waals surface area contributed by atoms with E-state index in [0.29, 0.717) is 6.42 Å². The van der Waals surface area contributed by atoms with E-state index in [4.69, 9.17) is 5.73 Å². The van der Waals surface area contributed by atoms with E-state index in [1.807, 2.05) is 36.4 Å². The fourth-order valence-electron chi connectivity index (χ4n) is 3.94. The van der Waals surface area contributed by atoms with Crippen LogP contribution in [0.2, 0.25) is 0 Å². The summed E-state index contributed by atoms with van der Waals surface area (Å²) in [5, 5.41) is 3.18. The number of rotatable bonds is 5. The van der Waals surface area contributed by atoms with Gasteiger partial charge in [-0.3, -0.25) is 4.79 Å². The molecule has 4 rings (SSSR count). The maximum Gasteiger partial charge on any atom is 0.323 e. The molecular weight excluding hydrogens is 340 g/mol. The highest BCUT2D eigenvalue weighted by atomic mass is 16.1. The summed E-state index contributed by atoms with van der Waals surface area (Å²) in [6, 6.07) is 11.9. The van der Waals surface area contributed by atoms with Crippen molar-refractivity contribution in [2.75, 3.05) is 5.73 Å². The Labute approximate surface area is 157 Å². The first-order valence-electron chi connectivity index (χ1n) is 9.47. The van der Waals surface area contributed by atoms with Gasteiger partial charge in [-0.05, 0) is 73.1 Å². The third kappa shape index (κ3) is 3.89. The number of H-pyrrole nitrogens is 2. The molecule has 0 fully saturated rings. The number of fused-ring (bicyclic) bond motifs is 2. The van der Waals surface area contributed by atoms with Crippen LogP contribution in [0.4, 0.5) is 5.69 Å². The summed E-state index contributed by atoms with van der Waals surface area (Å²) in [5.74, 6) is 0.0841. The lowest BCUT2D eigenvalue weighted by Crippen LogP contribution is -2.30. The highest BCUT2D eigenvalue weighted by Crippen LogP contribution is 2.31. The molecule has 1 amide bonds. The molecule has 1 heterocycles. The minimum atomic E-state index is -0.198. The van der Waals surface area contributed by atoms with Gasteiger partial charge in [0.1, 0.15) is 0 Å². The molecular formula is C21H24N4O2. The van der Waals surface area contributed by atoms with Crippen molar-refractivity contribution in [1.82, 2.24) is 15.3 Å². The molecule has 140 valence electrons. The first-order valence-corrected chi connectivity index (χ1v) is 9.47. The number of nitrogen functional groups attached to an aromatic ring is 1. The number of carbonyl (C=O) groups is 1. The third-order valence-electron chi connectivity index (χ3n) is 5.27. The van der Waals surface area contributed by atoms with Gasteiger partial charge in [0.15, 0.2) is 0 Å². The van der Waals surface area contributed by atoms with Crippen molar-refractivity contribution in [2.45, 2.75) is 44.6 Å². The van der Waals surface area contributed by atoms with Crippen molar-refractivity contribution in [1.29, 1.82) is 0 Å². The second-order valence-electron chi connectivity index (χ2n) is 7.28. The topological polar surface area (TPSA) is 104 Å². The number of hydrogen-bond acceptors (Lipinski definition) is 3. The zero-order valence-corrected chi connectivity index (χ0v) is 15.2. The number of aromatic nitrogens is 2. The van der Waals surface area contributed by atoms with Crippen LogP contribution in [0.1, 0.15) is 48.4 Å². The lowest BCUT2D eigenvalue weighted by molar-refractivity contribution is -0.122. The van der Waals surface area contributed by atoms with Crippen LogP contribution in [0.3, 0.4) is 0 Å². The van der Waals surface area contributed by atoms with Crippen LogP contribution in [-0.2, 0) is 17.6 Å². The SMILES string of the molecule is Nc1ccc2c(c1)CCCC2NC(=O)CCCc1ccc2[nH]c(=O)[nH]c2c1. The second-order valence-corrected chi connectivity index (χ2v) is 7.28. The fraction of sp³-hybridized carbons (Fsp3) is 0.333. The summed E-state index contributed by atoms with van der Waals surface area (Å²) in [6.07, 6.45) is 5.12. The van der Waals surface area contributed by atoms with Crippen LogP contribution in [0, 0.1) is 0 Å². The summed E-state index contributed by atoms with van der Waals surface area (Å²) >= 11 is 0. The van der Waals surface area contributed by atoms with E-state index in [-0.39, 0.29) is 17.6 Å². The quantitative estimate of drug-likeness (QED) is 0.523. The third-order valence-corrected chi connectivity index (χ3v) is 5.27. The summed E-state index contributed by atoms with van der Waals surface area (Å²) in [7, 11) is 0. The summed E-state index contributed by atoms with van der Waals surface area (Å²) in [6.45, 7) is 0. The Hall–Kier alpha value is -3.02. The van der Waals surface area contributed by atoms with Gasteiger partial charge in [-0.1, -0.05) is 12.1 Å². The number of nitrogens with two attached hydrogens (primary N) is 1. The molecule has 6 heteroatoms. The van der Waals surface area contributed by atoms with Crippen LogP contribution < -0.4 is 16.7 Å². The number of carbonyl (C=O) groups excluding carboxylic acids is 1.